The second-order valence-corrected chi connectivity index (χ2v) is 6.38. The van der Waals surface area contributed by atoms with E-state index >= 15 is 0 Å². The van der Waals surface area contributed by atoms with Crippen molar-refractivity contribution in [2.75, 3.05) is 19.6 Å². The van der Waals surface area contributed by atoms with Crippen LogP contribution in [0.15, 0.2) is 53.6 Å². The van der Waals surface area contributed by atoms with Crippen LogP contribution in [0.4, 0.5) is 19.1 Å². The Morgan fingerprint density at radius 1 is 1.00 bits per heavy atom. The van der Waals surface area contributed by atoms with E-state index in [9.17, 15) is 13.2 Å². The zero-order chi connectivity index (χ0) is 21.7. The molecule has 1 N–H and O–H groups in total. The number of hydrogen-bond acceptors (Lipinski definition) is 6. The van der Waals surface area contributed by atoms with Crippen molar-refractivity contribution in [2.24, 2.45) is 5.10 Å². The number of aromatic nitrogens is 2. The first kappa shape index (κ1) is 21.4. The second-order valence-electron chi connectivity index (χ2n) is 5.94. The summed E-state index contributed by atoms with van der Waals surface area (Å²) in [5.74, 6) is 0.760. The number of ether oxygens (including phenoxy) is 2. The van der Waals surface area contributed by atoms with E-state index in [2.05, 4.69) is 20.5 Å². The number of hydrogen-bond donors (Lipinski definition) is 1. The molecule has 0 atom stereocenters. The van der Waals surface area contributed by atoms with Gasteiger partial charge in [-0.25, -0.2) is 15.4 Å². The molecule has 1 aromatic heterocycles. The molecule has 0 aliphatic carbocycles. The van der Waals surface area contributed by atoms with Gasteiger partial charge in [0.2, 0.25) is 5.95 Å². The van der Waals surface area contributed by atoms with E-state index in [0.29, 0.717) is 27.6 Å². The summed E-state index contributed by atoms with van der Waals surface area (Å²) in [6.07, 6.45) is -3.27. The molecular weight excluding hydrogens is 421 g/mol. The van der Waals surface area contributed by atoms with Gasteiger partial charge in [0.25, 0.3) is 0 Å². The lowest BCUT2D eigenvalue weighted by molar-refractivity contribution is -0.141. The molecule has 0 aliphatic rings. The first-order valence-corrected chi connectivity index (χ1v) is 8.91. The van der Waals surface area contributed by atoms with Gasteiger partial charge in [0.1, 0.15) is 11.5 Å². The monoisotopic (exact) mass is 436 g/mol. The van der Waals surface area contributed by atoms with E-state index in [4.69, 9.17) is 21.1 Å². The third-order valence-electron chi connectivity index (χ3n) is 3.97. The molecule has 0 saturated heterocycles. The average Bonchev–Trinajstić information content (AvgIpc) is 2.73. The Morgan fingerprint density at radius 3 is 2.37 bits per heavy atom. The number of nitrogens with one attached hydrogen (secondary N) is 1. The predicted octanol–water partition coefficient (Wildman–Crippen LogP) is 5.28. The molecule has 6 nitrogen and oxygen atoms in total. The van der Waals surface area contributed by atoms with Crippen LogP contribution in [0.2, 0.25) is 5.02 Å². The molecule has 0 radical (unpaired) electrons. The molecule has 0 aliphatic heterocycles. The van der Waals surface area contributed by atoms with Crippen molar-refractivity contribution in [1.82, 2.24) is 9.97 Å². The van der Waals surface area contributed by atoms with Crippen LogP contribution in [-0.4, -0.2) is 30.4 Å². The van der Waals surface area contributed by atoms with Gasteiger partial charge in [-0.3, -0.25) is 0 Å². The number of benzene rings is 2. The smallest absolute Gasteiger partial charge is 0.433 e. The van der Waals surface area contributed by atoms with Crippen LogP contribution in [0.5, 0.6) is 11.5 Å². The van der Waals surface area contributed by atoms with Crippen LogP contribution in [0.1, 0.15) is 11.3 Å². The Kier molecular flexibility index (Phi) is 6.41. The molecule has 0 amide bonds. The summed E-state index contributed by atoms with van der Waals surface area (Å²) >= 11 is 5.84. The number of hydrazone groups is 1. The van der Waals surface area contributed by atoms with E-state index in [1.165, 1.54) is 20.4 Å². The third kappa shape index (κ3) is 5.18. The number of rotatable bonds is 6. The van der Waals surface area contributed by atoms with E-state index in [1.807, 2.05) is 0 Å². The molecule has 1 heterocycles. The molecule has 0 fully saturated rings. The van der Waals surface area contributed by atoms with Gasteiger partial charge >= 0.3 is 6.18 Å². The predicted molar refractivity (Wildman–Crippen MR) is 108 cm³/mol. The topological polar surface area (TPSA) is 68.6 Å². The maximum Gasteiger partial charge on any atom is 0.433 e. The molecule has 10 heteroatoms. The first-order chi connectivity index (χ1) is 14.3. The lowest BCUT2D eigenvalue weighted by Gasteiger charge is -2.10. The molecule has 0 unspecified atom stereocenters. The number of methoxy groups -OCH3 is 2. The Balaban J connectivity index is 1.91. The van der Waals surface area contributed by atoms with Crippen molar-refractivity contribution in [2.45, 2.75) is 6.18 Å². The van der Waals surface area contributed by atoms with E-state index in [0.717, 1.165) is 6.07 Å². The lowest BCUT2D eigenvalue weighted by atomic mass is 10.1. The van der Waals surface area contributed by atoms with Gasteiger partial charge < -0.3 is 9.47 Å². The molecule has 3 rings (SSSR count). The van der Waals surface area contributed by atoms with Crippen molar-refractivity contribution >= 4 is 23.8 Å². The third-order valence-corrected chi connectivity index (χ3v) is 4.22. The summed E-state index contributed by atoms with van der Waals surface area (Å²) in [5.41, 5.74) is 2.46. The minimum absolute atomic E-state index is 0.0775. The average molecular weight is 437 g/mol. The number of nitrogens with zero attached hydrogens (tertiary/aromatic N) is 3. The summed E-state index contributed by atoms with van der Waals surface area (Å²) in [7, 11) is 3.00. The molecule has 0 spiro atoms. The van der Waals surface area contributed by atoms with Crippen LogP contribution < -0.4 is 14.9 Å². The van der Waals surface area contributed by atoms with E-state index in [-0.39, 0.29) is 11.6 Å². The molecule has 156 valence electrons. The van der Waals surface area contributed by atoms with Crippen molar-refractivity contribution < 1.29 is 22.6 Å². The first-order valence-electron chi connectivity index (χ1n) is 8.53. The van der Waals surface area contributed by atoms with Crippen LogP contribution in [0.25, 0.3) is 11.3 Å². The Bertz CT molecular complexity index is 1060. The molecular formula is C20H16ClF3N4O2. The summed E-state index contributed by atoms with van der Waals surface area (Å²) in [4.78, 5) is 7.63. The molecule has 30 heavy (non-hydrogen) atoms. The van der Waals surface area contributed by atoms with Crippen LogP contribution in [0, 0.1) is 0 Å². The van der Waals surface area contributed by atoms with E-state index < -0.39 is 11.9 Å². The molecule has 0 bridgehead atoms. The summed E-state index contributed by atoms with van der Waals surface area (Å²) in [5, 5.41) is 4.40. The van der Waals surface area contributed by atoms with Gasteiger partial charge in [0, 0.05) is 22.2 Å². The molecule has 2 aromatic carbocycles. The highest BCUT2D eigenvalue weighted by Crippen LogP contribution is 2.31. The largest absolute Gasteiger partial charge is 0.497 e. The van der Waals surface area contributed by atoms with Gasteiger partial charge in [-0.15, -0.1) is 0 Å². The highest BCUT2D eigenvalue weighted by Gasteiger charge is 2.33. The number of anilines is 1. The summed E-state index contributed by atoms with van der Waals surface area (Å²) in [6, 6.07) is 12.2. The maximum atomic E-state index is 13.3. The zero-order valence-electron chi connectivity index (χ0n) is 15.9. The quantitative estimate of drug-likeness (QED) is 0.420. The zero-order valence-corrected chi connectivity index (χ0v) is 16.6. The Morgan fingerprint density at radius 2 is 1.73 bits per heavy atom. The fourth-order valence-electron chi connectivity index (χ4n) is 2.50. The van der Waals surface area contributed by atoms with Gasteiger partial charge in [-0.1, -0.05) is 23.7 Å². The van der Waals surface area contributed by atoms with Gasteiger partial charge in [-0.2, -0.15) is 18.3 Å². The fraction of sp³-hybridized carbons (Fsp3) is 0.150. The summed E-state index contributed by atoms with van der Waals surface area (Å²) in [6.45, 7) is 0. The minimum atomic E-state index is -4.65. The van der Waals surface area contributed by atoms with E-state index in [1.54, 1.807) is 42.5 Å². The second kappa shape index (κ2) is 9.00. The Labute approximate surface area is 175 Å². The number of alkyl halides is 3. The van der Waals surface area contributed by atoms with Crippen LogP contribution in [0.3, 0.4) is 0 Å². The number of halogens is 4. The van der Waals surface area contributed by atoms with Crippen LogP contribution >= 0.6 is 11.6 Å². The van der Waals surface area contributed by atoms with Crippen molar-refractivity contribution in [3.05, 3.63) is 64.8 Å². The fourth-order valence-corrected chi connectivity index (χ4v) is 2.62. The highest BCUT2D eigenvalue weighted by atomic mass is 35.5. The highest BCUT2D eigenvalue weighted by molar-refractivity contribution is 6.30. The standard InChI is InChI=1S/C20H16ClF3N4O2/c1-29-15-8-5-13(17(9-15)30-2)11-25-28-19-26-16(10-18(27-19)20(22,23)24)12-3-6-14(21)7-4-12/h3-11H,1-2H3,(H,26,27,28)/b25-11-. The van der Waals surface area contributed by atoms with Gasteiger partial charge in [0.15, 0.2) is 5.69 Å². The SMILES string of the molecule is COc1ccc(/C=N\Nc2nc(-c3ccc(Cl)cc3)cc(C(F)(F)F)n2)c(OC)c1. The maximum absolute atomic E-state index is 13.3. The van der Waals surface area contributed by atoms with Crippen molar-refractivity contribution in [1.29, 1.82) is 0 Å². The Hall–Kier alpha value is -3.33. The van der Waals surface area contributed by atoms with Gasteiger partial charge in [0.05, 0.1) is 26.1 Å². The lowest BCUT2D eigenvalue weighted by Crippen LogP contribution is -2.11. The molecule has 3 aromatic rings. The molecule has 0 saturated carbocycles. The van der Waals surface area contributed by atoms with Crippen molar-refractivity contribution in [3.8, 4) is 22.8 Å². The van der Waals surface area contributed by atoms with Crippen LogP contribution in [-0.2, 0) is 6.18 Å². The summed E-state index contributed by atoms with van der Waals surface area (Å²) < 4.78 is 50.2. The normalized spacial score (nSPS) is 11.5. The van der Waals surface area contributed by atoms with Gasteiger partial charge in [-0.05, 0) is 30.3 Å². The van der Waals surface area contributed by atoms with Crippen molar-refractivity contribution in [3.63, 3.8) is 0 Å². The minimum Gasteiger partial charge on any atom is -0.497 e.